The van der Waals surface area contributed by atoms with Gasteiger partial charge >= 0.3 is 0 Å². The fourth-order valence-electron chi connectivity index (χ4n) is 3.52. The van der Waals surface area contributed by atoms with Crippen LogP contribution < -0.4 is 15.4 Å². The summed E-state index contributed by atoms with van der Waals surface area (Å²) < 4.78 is 20.6. The van der Waals surface area contributed by atoms with Crippen molar-refractivity contribution < 1.29 is 9.13 Å². The van der Waals surface area contributed by atoms with Crippen LogP contribution in [0.1, 0.15) is 22.8 Å². The molecular formula is C24H28FN7O. The van der Waals surface area contributed by atoms with Crippen LogP contribution in [0, 0.1) is 12.7 Å². The number of aliphatic imine (C=N–C) groups is 1. The molecule has 0 atom stereocenters. The van der Waals surface area contributed by atoms with Gasteiger partial charge in [0.1, 0.15) is 17.4 Å². The van der Waals surface area contributed by atoms with Crippen molar-refractivity contribution in [1.29, 1.82) is 0 Å². The minimum Gasteiger partial charge on any atom is -0.497 e. The van der Waals surface area contributed by atoms with E-state index in [1.807, 2.05) is 55.1 Å². The molecule has 9 heteroatoms. The molecule has 2 heterocycles. The van der Waals surface area contributed by atoms with Crippen molar-refractivity contribution >= 4 is 16.9 Å². The summed E-state index contributed by atoms with van der Waals surface area (Å²) in [5, 5.41) is 16.1. The van der Waals surface area contributed by atoms with Crippen molar-refractivity contribution in [3.8, 4) is 5.75 Å². The summed E-state index contributed by atoms with van der Waals surface area (Å²) in [5.41, 5.74) is 3.00. The first-order chi connectivity index (χ1) is 16.0. The molecule has 2 aromatic carbocycles. The third-order valence-corrected chi connectivity index (χ3v) is 5.59. The molecule has 172 valence electrons. The van der Waals surface area contributed by atoms with Gasteiger partial charge in [0.2, 0.25) is 0 Å². The Balaban J connectivity index is 1.42. The van der Waals surface area contributed by atoms with Crippen molar-refractivity contribution in [2.75, 3.05) is 13.7 Å². The molecule has 0 aliphatic carbocycles. The highest BCUT2D eigenvalue weighted by molar-refractivity contribution is 5.83. The second-order valence-electron chi connectivity index (χ2n) is 7.77. The Morgan fingerprint density at radius 1 is 1.15 bits per heavy atom. The van der Waals surface area contributed by atoms with E-state index < -0.39 is 0 Å². The van der Waals surface area contributed by atoms with Gasteiger partial charge in [0.25, 0.3) is 0 Å². The van der Waals surface area contributed by atoms with E-state index in [1.165, 1.54) is 12.1 Å². The molecule has 0 saturated heterocycles. The van der Waals surface area contributed by atoms with Crippen molar-refractivity contribution in [2.24, 2.45) is 12.0 Å². The molecule has 4 rings (SSSR count). The number of fused-ring (bicyclic) bond motifs is 1. The largest absolute Gasteiger partial charge is 0.497 e. The number of hydrogen-bond acceptors (Lipinski definition) is 4. The Labute approximate surface area is 191 Å². The summed E-state index contributed by atoms with van der Waals surface area (Å²) in [6.07, 6.45) is 2.69. The Hall–Kier alpha value is -3.88. The van der Waals surface area contributed by atoms with Crippen molar-refractivity contribution in [3.63, 3.8) is 0 Å². The molecule has 3 N–H and O–H groups in total. The van der Waals surface area contributed by atoms with E-state index >= 15 is 0 Å². The van der Waals surface area contributed by atoms with Crippen LogP contribution in [0.4, 0.5) is 4.39 Å². The lowest BCUT2D eigenvalue weighted by molar-refractivity contribution is 0.414. The first kappa shape index (κ1) is 22.3. The summed E-state index contributed by atoms with van der Waals surface area (Å²) in [4.78, 5) is 7.87. The lowest BCUT2D eigenvalue weighted by Crippen LogP contribution is -2.38. The number of benzene rings is 2. The van der Waals surface area contributed by atoms with Gasteiger partial charge in [0.15, 0.2) is 11.8 Å². The van der Waals surface area contributed by atoms with Gasteiger partial charge in [-0.1, -0.05) is 12.1 Å². The smallest absolute Gasteiger partial charge is 0.191 e. The molecule has 0 saturated carbocycles. The van der Waals surface area contributed by atoms with Crippen molar-refractivity contribution in [1.82, 2.24) is 30.4 Å². The van der Waals surface area contributed by atoms with E-state index in [0.29, 0.717) is 25.6 Å². The molecule has 33 heavy (non-hydrogen) atoms. The predicted molar refractivity (Wildman–Crippen MR) is 127 cm³/mol. The number of nitrogens with zero attached hydrogens (tertiary/aromatic N) is 4. The first-order valence-electron chi connectivity index (χ1n) is 10.8. The van der Waals surface area contributed by atoms with E-state index in [2.05, 4.69) is 25.8 Å². The normalized spacial score (nSPS) is 11.7. The van der Waals surface area contributed by atoms with E-state index in [-0.39, 0.29) is 5.82 Å². The number of ether oxygens (including phenoxy) is 1. The van der Waals surface area contributed by atoms with Crippen LogP contribution in [0.15, 0.2) is 53.7 Å². The zero-order chi connectivity index (χ0) is 23.2. The minimum absolute atomic E-state index is 0.245. The molecule has 4 aromatic rings. The van der Waals surface area contributed by atoms with Crippen LogP contribution in [0.3, 0.4) is 0 Å². The second kappa shape index (κ2) is 10.2. The van der Waals surface area contributed by atoms with Crippen LogP contribution in [0.25, 0.3) is 10.9 Å². The fraction of sp³-hybridized carbons (Fsp3) is 0.292. The zero-order valence-electron chi connectivity index (χ0n) is 19.0. The van der Waals surface area contributed by atoms with Gasteiger partial charge in [-0.2, -0.15) is 0 Å². The maximum absolute atomic E-state index is 13.5. The zero-order valence-corrected chi connectivity index (χ0v) is 19.0. The maximum Gasteiger partial charge on any atom is 0.191 e. The fourth-order valence-corrected chi connectivity index (χ4v) is 3.52. The van der Waals surface area contributed by atoms with Crippen LogP contribution in [0.2, 0.25) is 0 Å². The summed E-state index contributed by atoms with van der Waals surface area (Å²) in [6.45, 7) is 3.60. The highest BCUT2D eigenvalue weighted by Crippen LogP contribution is 2.19. The van der Waals surface area contributed by atoms with Gasteiger partial charge in [0.05, 0.1) is 20.2 Å². The number of nitrogens with one attached hydrogen (secondary N) is 3. The Bertz CT molecular complexity index is 1240. The lowest BCUT2D eigenvalue weighted by Gasteiger charge is -2.13. The second-order valence-corrected chi connectivity index (χ2v) is 7.77. The van der Waals surface area contributed by atoms with Gasteiger partial charge < -0.3 is 24.9 Å². The third kappa shape index (κ3) is 5.49. The number of aryl methyl sites for hydroxylation is 1. The lowest BCUT2D eigenvalue weighted by atomic mass is 10.1. The van der Waals surface area contributed by atoms with Gasteiger partial charge in [0, 0.05) is 30.7 Å². The molecule has 0 aliphatic heterocycles. The molecule has 8 nitrogen and oxygen atoms in total. The number of rotatable bonds is 8. The molecule has 0 spiro atoms. The average Bonchev–Trinajstić information content (AvgIpc) is 3.37. The number of H-pyrrole nitrogens is 1. The highest BCUT2D eigenvalue weighted by atomic mass is 19.1. The number of aromatic nitrogens is 4. The molecule has 2 aromatic heterocycles. The van der Waals surface area contributed by atoms with Gasteiger partial charge in [-0.3, -0.25) is 0 Å². The molecule has 0 fully saturated rings. The topological polar surface area (TPSA) is 92.2 Å². The summed E-state index contributed by atoms with van der Waals surface area (Å²) in [6, 6.07) is 12.6. The number of guanidine groups is 1. The predicted octanol–water partition coefficient (Wildman–Crippen LogP) is 3.23. The van der Waals surface area contributed by atoms with Crippen LogP contribution in [-0.4, -0.2) is 39.4 Å². The quantitative estimate of drug-likeness (QED) is 0.284. The van der Waals surface area contributed by atoms with E-state index in [0.717, 1.165) is 45.8 Å². The monoisotopic (exact) mass is 449 g/mol. The van der Waals surface area contributed by atoms with E-state index in [9.17, 15) is 4.39 Å². The number of aromatic amines is 1. The van der Waals surface area contributed by atoms with Gasteiger partial charge in [-0.05, 0) is 54.8 Å². The third-order valence-electron chi connectivity index (χ3n) is 5.59. The molecule has 0 aliphatic rings. The number of halogens is 1. The number of methoxy groups -OCH3 is 1. The SMILES string of the molecule is COc1ccc(CN=C(NCCc2c[nH]c3cc(F)ccc23)NCc2nnc(C)n2C)cc1. The molecule has 0 amide bonds. The van der Waals surface area contributed by atoms with E-state index in [1.54, 1.807) is 7.11 Å². The first-order valence-corrected chi connectivity index (χ1v) is 10.8. The highest BCUT2D eigenvalue weighted by Gasteiger charge is 2.08. The Morgan fingerprint density at radius 3 is 2.70 bits per heavy atom. The summed E-state index contributed by atoms with van der Waals surface area (Å²) in [5.74, 6) is 2.93. The molecule has 0 radical (unpaired) electrons. The van der Waals surface area contributed by atoms with Crippen molar-refractivity contribution in [2.45, 2.75) is 26.4 Å². The van der Waals surface area contributed by atoms with Crippen LogP contribution in [0.5, 0.6) is 5.75 Å². The Morgan fingerprint density at radius 2 is 1.97 bits per heavy atom. The molecule has 0 bridgehead atoms. The summed E-state index contributed by atoms with van der Waals surface area (Å²) in [7, 11) is 3.59. The average molecular weight is 450 g/mol. The minimum atomic E-state index is -0.245. The number of hydrogen-bond donors (Lipinski definition) is 3. The van der Waals surface area contributed by atoms with Gasteiger partial charge in [-0.15, -0.1) is 10.2 Å². The standard InChI is InChI=1S/C24H28FN7O/c1-16-30-31-23(32(16)2)15-29-24(28-13-17-4-7-20(33-3)8-5-17)26-11-10-18-14-27-22-12-19(25)6-9-21(18)22/h4-9,12,14,27H,10-11,13,15H2,1-3H3,(H2,26,28,29). The molecular weight excluding hydrogens is 421 g/mol. The van der Waals surface area contributed by atoms with E-state index in [4.69, 9.17) is 9.73 Å². The van der Waals surface area contributed by atoms with Crippen LogP contribution >= 0.6 is 0 Å². The maximum atomic E-state index is 13.5. The van der Waals surface area contributed by atoms with Gasteiger partial charge in [-0.25, -0.2) is 9.38 Å². The van der Waals surface area contributed by atoms with Crippen LogP contribution in [-0.2, 0) is 26.6 Å². The molecule has 0 unspecified atom stereocenters. The van der Waals surface area contributed by atoms with Crippen molar-refractivity contribution in [3.05, 3.63) is 77.3 Å². The summed E-state index contributed by atoms with van der Waals surface area (Å²) >= 11 is 0. The Kier molecular flexibility index (Phi) is 6.87.